The summed E-state index contributed by atoms with van der Waals surface area (Å²) in [5.41, 5.74) is 0.442. The average molecular weight is 529 g/mol. The Labute approximate surface area is 224 Å². The molecule has 5 rings (SSSR count). The Kier molecular flexibility index (Phi) is 8.48. The quantitative estimate of drug-likeness (QED) is 0.404. The van der Waals surface area contributed by atoms with E-state index >= 15 is 0 Å². The first-order chi connectivity index (χ1) is 18.0. The topological polar surface area (TPSA) is 58.6 Å². The molecule has 1 aliphatic heterocycles. The molecule has 2 unspecified atom stereocenters. The van der Waals surface area contributed by atoms with Gasteiger partial charge in [0.15, 0.2) is 0 Å². The van der Waals surface area contributed by atoms with Gasteiger partial charge in [0.2, 0.25) is 11.9 Å². The molecular formula is C29H38ClFN4O2. The van der Waals surface area contributed by atoms with Crippen LogP contribution in [0.1, 0.15) is 63.4 Å². The maximum atomic E-state index is 14.7. The van der Waals surface area contributed by atoms with E-state index in [9.17, 15) is 9.18 Å². The van der Waals surface area contributed by atoms with Crippen LogP contribution in [0.25, 0.3) is 0 Å². The lowest BCUT2D eigenvalue weighted by molar-refractivity contribution is -0.131. The summed E-state index contributed by atoms with van der Waals surface area (Å²) in [6.45, 7) is 2.56. The largest absolute Gasteiger partial charge is 0.493 e. The lowest BCUT2D eigenvalue weighted by Gasteiger charge is -2.32. The zero-order valence-corrected chi connectivity index (χ0v) is 22.5. The number of amides is 1. The van der Waals surface area contributed by atoms with Crippen molar-refractivity contribution in [1.82, 2.24) is 14.9 Å². The van der Waals surface area contributed by atoms with Crippen LogP contribution in [0.15, 0.2) is 30.6 Å². The average Bonchev–Trinajstić information content (AvgIpc) is 3.70. The molecule has 0 radical (unpaired) electrons. The SMILES string of the molecule is CN(C(=O)Cc1ccc(OCCC2CC2C2CCN(c3ncc(Cl)cn3)CC2)cc1F)C1CCCCC1. The standard InChI is InChI=1S/C29H38ClFN4O2/c1-34(24-5-3-2-4-6-24)28(36)16-22-7-8-25(17-27(22)31)37-14-11-21-15-26(21)20-9-12-35(13-10-20)29-32-18-23(30)19-33-29/h7-8,17-21,24,26H,2-6,9-16H2,1H3. The molecule has 2 aromatic rings. The maximum Gasteiger partial charge on any atom is 0.227 e. The number of benzene rings is 1. The number of ether oxygens (including phenoxy) is 1. The van der Waals surface area contributed by atoms with E-state index in [1.807, 2.05) is 11.9 Å². The van der Waals surface area contributed by atoms with Crippen LogP contribution in [-0.2, 0) is 11.2 Å². The highest BCUT2D eigenvalue weighted by molar-refractivity contribution is 6.30. The van der Waals surface area contributed by atoms with Gasteiger partial charge >= 0.3 is 0 Å². The number of carbonyl (C=O) groups is 1. The zero-order chi connectivity index (χ0) is 25.8. The van der Waals surface area contributed by atoms with Crippen LogP contribution in [-0.4, -0.2) is 53.6 Å². The molecule has 3 aliphatic rings. The third-order valence-electron chi connectivity index (χ3n) is 8.65. The van der Waals surface area contributed by atoms with Gasteiger partial charge in [-0.2, -0.15) is 0 Å². The van der Waals surface area contributed by atoms with E-state index in [2.05, 4.69) is 14.9 Å². The molecule has 0 N–H and O–H groups in total. The smallest absolute Gasteiger partial charge is 0.227 e. The fourth-order valence-corrected chi connectivity index (χ4v) is 6.32. The predicted molar refractivity (Wildman–Crippen MR) is 143 cm³/mol. The number of piperidine rings is 1. The monoisotopic (exact) mass is 528 g/mol. The number of nitrogens with zero attached hydrogens (tertiary/aromatic N) is 4. The van der Waals surface area contributed by atoms with Crippen molar-refractivity contribution in [2.45, 2.75) is 70.3 Å². The zero-order valence-electron chi connectivity index (χ0n) is 21.7. The van der Waals surface area contributed by atoms with E-state index < -0.39 is 0 Å². The molecule has 2 saturated carbocycles. The third kappa shape index (κ3) is 6.73. The summed E-state index contributed by atoms with van der Waals surface area (Å²) >= 11 is 5.90. The van der Waals surface area contributed by atoms with Crippen LogP contribution in [0.2, 0.25) is 5.02 Å². The molecule has 8 heteroatoms. The third-order valence-corrected chi connectivity index (χ3v) is 8.85. The molecule has 1 aromatic carbocycles. The number of anilines is 1. The van der Waals surface area contributed by atoms with E-state index in [1.54, 1.807) is 24.5 Å². The summed E-state index contributed by atoms with van der Waals surface area (Å²) in [4.78, 5) is 25.4. The molecule has 0 spiro atoms. The van der Waals surface area contributed by atoms with Gasteiger partial charge in [-0.1, -0.05) is 36.9 Å². The second kappa shape index (κ2) is 12.0. The van der Waals surface area contributed by atoms with Gasteiger partial charge in [-0.3, -0.25) is 4.79 Å². The molecule has 2 heterocycles. The minimum absolute atomic E-state index is 0.00855. The first-order valence-electron chi connectivity index (χ1n) is 13.9. The Balaban J connectivity index is 1.02. The summed E-state index contributed by atoms with van der Waals surface area (Å²) in [7, 11) is 1.86. The molecule has 2 atom stereocenters. The van der Waals surface area contributed by atoms with Crippen LogP contribution in [0, 0.1) is 23.6 Å². The van der Waals surface area contributed by atoms with Crippen LogP contribution in [0.4, 0.5) is 10.3 Å². The van der Waals surface area contributed by atoms with Crippen molar-refractivity contribution in [1.29, 1.82) is 0 Å². The van der Waals surface area contributed by atoms with Crippen molar-refractivity contribution in [2.24, 2.45) is 17.8 Å². The number of likely N-dealkylation sites (N-methyl/N-ethyl adjacent to an activating group) is 1. The van der Waals surface area contributed by atoms with Gasteiger partial charge < -0.3 is 14.5 Å². The number of rotatable bonds is 9. The van der Waals surface area contributed by atoms with Gasteiger partial charge in [-0.05, 0) is 67.9 Å². The highest BCUT2D eigenvalue weighted by Crippen LogP contribution is 2.49. The minimum Gasteiger partial charge on any atom is -0.493 e. The molecule has 1 amide bonds. The summed E-state index contributed by atoms with van der Waals surface area (Å²) in [5.74, 6) is 3.15. The number of halogens is 2. The van der Waals surface area contributed by atoms with Crippen molar-refractivity contribution in [3.8, 4) is 5.75 Å². The first kappa shape index (κ1) is 26.2. The van der Waals surface area contributed by atoms with Gasteiger partial charge in [0.05, 0.1) is 30.4 Å². The highest BCUT2D eigenvalue weighted by atomic mass is 35.5. The van der Waals surface area contributed by atoms with Crippen molar-refractivity contribution in [3.05, 3.63) is 47.0 Å². The van der Waals surface area contributed by atoms with E-state index in [0.29, 0.717) is 34.9 Å². The molecule has 1 aromatic heterocycles. The maximum absolute atomic E-state index is 14.7. The Bertz CT molecular complexity index is 1050. The molecule has 2 aliphatic carbocycles. The second-order valence-electron chi connectivity index (χ2n) is 11.0. The number of hydrogen-bond donors (Lipinski definition) is 0. The molecule has 0 bridgehead atoms. The van der Waals surface area contributed by atoms with Gasteiger partial charge in [0.1, 0.15) is 11.6 Å². The lowest BCUT2D eigenvalue weighted by atomic mass is 9.90. The Morgan fingerprint density at radius 3 is 2.57 bits per heavy atom. The number of carbonyl (C=O) groups excluding carboxylic acids is 1. The van der Waals surface area contributed by atoms with E-state index in [-0.39, 0.29) is 18.1 Å². The number of hydrogen-bond acceptors (Lipinski definition) is 5. The van der Waals surface area contributed by atoms with Crippen LogP contribution < -0.4 is 9.64 Å². The molecule has 37 heavy (non-hydrogen) atoms. The van der Waals surface area contributed by atoms with Crippen LogP contribution >= 0.6 is 11.6 Å². The Hall–Kier alpha value is -2.41. The molecule has 3 fully saturated rings. The Morgan fingerprint density at radius 1 is 1.14 bits per heavy atom. The molecule has 6 nitrogen and oxygen atoms in total. The first-order valence-corrected chi connectivity index (χ1v) is 14.2. The Morgan fingerprint density at radius 2 is 1.86 bits per heavy atom. The predicted octanol–water partition coefficient (Wildman–Crippen LogP) is 5.92. The fourth-order valence-electron chi connectivity index (χ4n) is 6.23. The van der Waals surface area contributed by atoms with Gasteiger partial charge in [-0.25, -0.2) is 14.4 Å². The van der Waals surface area contributed by atoms with E-state index in [1.165, 1.54) is 31.7 Å². The van der Waals surface area contributed by atoms with Gasteiger partial charge in [0.25, 0.3) is 0 Å². The van der Waals surface area contributed by atoms with Crippen LogP contribution in [0.5, 0.6) is 5.75 Å². The highest BCUT2D eigenvalue weighted by Gasteiger charge is 2.43. The van der Waals surface area contributed by atoms with E-state index in [4.69, 9.17) is 16.3 Å². The lowest BCUT2D eigenvalue weighted by Crippen LogP contribution is -2.39. The van der Waals surface area contributed by atoms with Crippen molar-refractivity contribution < 1.29 is 13.9 Å². The normalized spacial score (nSPS) is 22.6. The molecule has 1 saturated heterocycles. The second-order valence-corrected chi connectivity index (χ2v) is 11.5. The van der Waals surface area contributed by atoms with Crippen molar-refractivity contribution >= 4 is 23.5 Å². The van der Waals surface area contributed by atoms with Crippen molar-refractivity contribution in [3.63, 3.8) is 0 Å². The fraction of sp³-hybridized carbons (Fsp3) is 0.621. The van der Waals surface area contributed by atoms with Crippen LogP contribution in [0.3, 0.4) is 0 Å². The molecule has 200 valence electrons. The summed E-state index contributed by atoms with van der Waals surface area (Å²) in [6.07, 6.45) is 13.7. The van der Waals surface area contributed by atoms with E-state index in [0.717, 1.165) is 63.0 Å². The van der Waals surface area contributed by atoms with Crippen molar-refractivity contribution in [2.75, 3.05) is 31.6 Å². The summed E-state index contributed by atoms with van der Waals surface area (Å²) in [5, 5.41) is 0.563. The van der Waals surface area contributed by atoms with Gasteiger partial charge in [0, 0.05) is 32.2 Å². The minimum atomic E-state index is -0.358. The summed E-state index contributed by atoms with van der Waals surface area (Å²) in [6, 6.07) is 5.23. The van der Waals surface area contributed by atoms with Gasteiger partial charge in [-0.15, -0.1) is 0 Å². The summed E-state index contributed by atoms with van der Waals surface area (Å²) < 4.78 is 20.6. The molecular weight excluding hydrogens is 491 g/mol. The number of aromatic nitrogens is 2.